The lowest BCUT2D eigenvalue weighted by Gasteiger charge is -2.30. The van der Waals surface area contributed by atoms with Crippen LogP contribution in [0.1, 0.15) is 64.8 Å². The van der Waals surface area contributed by atoms with Gasteiger partial charge in [0.2, 0.25) is 10.0 Å². The molecule has 0 bridgehead atoms. The third-order valence-electron chi connectivity index (χ3n) is 10.3. The average Bonchev–Trinajstić information content (AvgIpc) is 3.69. The summed E-state index contributed by atoms with van der Waals surface area (Å²) in [5, 5.41) is 22.2. The van der Waals surface area contributed by atoms with Crippen molar-refractivity contribution in [3.8, 4) is 28.8 Å². The van der Waals surface area contributed by atoms with Crippen LogP contribution in [-0.2, 0) is 22.6 Å². The molecule has 54 heavy (non-hydrogen) atoms. The summed E-state index contributed by atoms with van der Waals surface area (Å²) in [6.07, 6.45) is 0.0689. The quantitative estimate of drug-likeness (QED) is 0.163. The normalized spacial score (nSPS) is 16.1. The number of aromatic nitrogens is 4. The molecule has 0 spiro atoms. The summed E-state index contributed by atoms with van der Waals surface area (Å²) in [6, 6.07) is 15.1. The predicted octanol–water partition coefficient (Wildman–Crippen LogP) is 6.78. The van der Waals surface area contributed by atoms with Crippen molar-refractivity contribution in [2.24, 2.45) is 11.1 Å². The van der Waals surface area contributed by atoms with Crippen LogP contribution in [0.25, 0.3) is 22.8 Å². The Bertz CT molecular complexity index is 2430. The number of primary sulfonamides is 1. The van der Waals surface area contributed by atoms with Crippen molar-refractivity contribution in [2.75, 3.05) is 0 Å². The van der Waals surface area contributed by atoms with Crippen LogP contribution in [0.5, 0.6) is 0 Å². The number of hydrogen-bond donors (Lipinski definition) is 3. The van der Waals surface area contributed by atoms with Crippen LogP contribution < -0.4 is 22.3 Å². The van der Waals surface area contributed by atoms with Crippen molar-refractivity contribution in [2.45, 2.75) is 76.9 Å². The number of nitrogens with two attached hydrogens (primary N) is 1. The monoisotopic (exact) mass is 762 g/mol. The number of carbonyl (C=O) groups is 1. The minimum absolute atomic E-state index is 0. The number of halogens is 3. The molecule has 0 atom stereocenters. The zero-order chi connectivity index (χ0) is 38.4. The smallest absolute Gasteiger partial charge is 0.344 e. The van der Waals surface area contributed by atoms with Crippen LogP contribution in [0, 0.1) is 44.9 Å². The van der Waals surface area contributed by atoms with E-state index in [1.54, 1.807) is 50.2 Å². The van der Waals surface area contributed by atoms with Crippen molar-refractivity contribution < 1.29 is 26.4 Å². The van der Waals surface area contributed by atoms with Gasteiger partial charge in [-0.3, -0.25) is 4.57 Å². The van der Waals surface area contributed by atoms with E-state index >= 15 is 0 Å². The second-order valence-electron chi connectivity index (χ2n) is 13.5. The highest BCUT2D eigenvalue weighted by molar-refractivity contribution is 7.89. The van der Waals surface area contributed by atoms with Gasteiger partial charge in [-0.15, -0.1) is 0 Å². The van der Waals surface area contributed by atoms with E-state index in [0.29, 0.717) is 41.8 Å². The van der Waals surface area contributed by atoms with Gasteiger partial charge < -0.3 is 11.5 Å². The number of nitrogens with zero attached hydrogens (tertiary/aromatic N) is 5. The molecule has 0 radical (unpaired) electrons. The fourth-order valence-corrected chi connectivity index (χ4v) is 8.12. The molecule has 1 amide bonds. The highest BCUT2D eigenvalue weighted by atomic mass is 32.2. The van der Waals surface area contributed by atoms with Crippen molar-refractivity contribution in [1.29, 1.82) is 5.26 Å². The van der Waals surface area contributed by atoms with Crippen molar-refractivity contribution in [3.05, 3.63) is 116 Å². The fourth-order valence-electron chi connectivity index (χ4n) is 7.24. The molecule has 0 saturated heterocycles. The van der Waals surface area contributed by atoms with Gasteiger partial charge in [-0.25, -0.2) is 32.4 Å². The molecule has 12 nitrogen and oxygen atoms in total. The van der Waals surface area contributed by atoms with E-state index in [-0.39, 0.29) is 40.1 Å². The molecular formula is C38H41F3N8O4S. The largest absolute Gasteiger partial charge is 0.416 e. The van der Waals surface area contributed by atoms with Crippen LogP contribution in [0.3, 0.4) is 0 Å². The zero-order valence-corrected chi connectivity index (χ0v) is 31.1. The number of amides is 1. The second kappa shape index (κ2) is 15.1. The molecule has 3 aromatic carbocycles. The van der Waals surface area contributed by atoms with E-state index in [1.807, 2.05) is 13.8 Å². The maximum absolute atomic E-state index is 14.2. The number of imidazole rings is 1. The van der Waals surface area contributed by atoms with Crippen LogP contribution in [-0.4, -0.2) is 39.4 Å². The molecule has 2 heterocycles. The summed E-state index contributed by atoms with van der Waals surface area (Å²) >= 11 is 0. The van der Waals surface area contributed by atoms with Gasteiger partial charge in [0.05, 0.1) is 51.1 Å². The highest BCUT2D eigenvalue weighted by Crippen LogP contribution is 2.34. The van der Waals surface area contributed by atoms with Crippen LogP contribution in [0.2, 0.25) is 0 Å². The van der Waals surface area contributed by atoms with Crippen molar-refractivity contribution >= 4 is 16.1 Å². The molecule has 0 aliphatic heterocycles. The SMILES string of the molecule is Cc1c(CC2CCC(NC(=O)n3c(-c4ccnn4-c4ccc(C#N)cc4)c(C)n(-c4cccc(C(F)(F)F)c4)c3=O)CC2)cc(S(N)(=O)=O)c(C)c1C.N. The van der Waals surface area contributed by atoms with Crippen LogP contribution in [0.4, 0.5) is 18.0 Å². The highest BCUT2D eigenvalue weighted by Gasteiger charge is 2.33. The molecule has 5 aromatic rings. The van der Waals surface area contributed by atoms with Gasteiger partial charge in [0.15, 0.2) is 0 Å². The third-order valence-corrected chi connectivity index (χ3v) is 11.4. The Hall–Kier alpha value is -5.50. The standard InChI is InChI=1S/C38H38F3N7O4S.H3N/c1-22-23(2)28(19-34(24(22)3)53(43,51)52)18-26-8-12-30(13-9-26)45-36(49)47-35(33-16-17-44-48(33)31-14-10-27(21-42)11-15-31)25(4)46(37(47)50)32-7-5-6-29(20-32)38(39,40)41;/h5-7,10-11,14-17,19-20,26,30H,8-9,12-13,18H2,1-4H3,(H,45,49)(H2,43,51,52);1H3. The number of nitriles is 1. The second-order valence-corrected chi connectivity index (χ2v) is 15.1. The first-order chi connectivity index (χ1) is 25.0. The van der Waals surface area contributed by atoms with Crippen LogP contribution >= 0.6 is 0 Å². The summed E-state index contributed by atoms with van der Waals surface area (Å²) in [4.78, 5) is 28.4. The Kier molecular flexibility index (Phi) is 11.1. The van der Waals surface area contributed by atoms with Crippen LogP contribution in [0.15, 0.2) is 76.6 Å². The first-order valence-electron chi connectivity index (χ1n) is 17.0. The molecule has 16 heteroatoms. The number of sulfonamides is 1. The van der Waals surface area contributed by atoms with Gasteiger partial charge in [-0.05, 0) is 143 Å². The third kappa shape index (κ3) is 7.61. The number of alkyl halides is 3. The minimum atomic E-state index is -4.66. The van der Waals surface area contributed by atoms with Gasteiger partial charge in [-0.2, -0.15) is 23.5 Å². The number of hydrogen-bond acceptors (Lipinski definition) is 7. The molecule has 1 aliphatic carbocycles. The van der Waals surface area contributed by atoms with Crippen molar-refractivity contribution in [3.63, 3.8) is 0 Å². The Labute approximate surface area is 310 Å². The molecule has 284 valence electrons. The van der Waals surface area contributed by atoms with Gasteiger partial charge in [0.25, 0.3) is 0 Å². The van der Waals surface area contributed by atoms with Gasteiger partial charge in [0.1, 0.15) is 5.69 Å². The molecule has 1 saturated carbocycles. The number of rotatable bonds is 7. The topological polar surface area (TPSA) is 193 Å². The molecule has 6 rings (SSSR count). The lowest BCUT2D eigenvalue weighted by Crippen LogP contribution is -2.44. The zero-order valence-electron chi connectivity index (χ0n) is 30.2. The molecular weight excluding hydrogens is 722 g/mol. The van der Waals surface area contributed by atoms with E-state index in [1.165, 1.54) is 23.0 Å². The summed E-state index contributed by atoms with van der Waals surface area (Å²) < 4.78 is 69.2. The first-order valence-corrected chi connectivity index (χ1v) is 18.5. The van der Waals surface area contributed by atoms with E-state index in [4.69, 9.17) is 5.14 Å². The Morgan fingerprint density at radius 1 is 0.963 bits per heavy atom. The van der Waals surface area contributed by atoms with E-state index in [0.717, 1.165) is 50.8 Å². The number of carbonyl (C=O) groups excluding carboxylic acids is 1. The first kappa shape index (κ1) is 39.7. The molecule has 1 aliphatic rings. The number of nitrogens with one attached hydrogen (secondary N) is 1. The van der Waals surface area contributed by atoms with Gasteiger partial charge >= 0.3 is 17.9 Å². The Morgan fingerprint density at radius 3 is 2.24 bits per heavy atom. The fraction of sp³-hybridized carbons (Fsp3) is 0.316. The lowest BCUT2D eigenvalue weighted by molar-refractivity contribution is -0.137. The maximum Gasteiger partial charge on any atom is 0.416 e. The van der Waals surface area contributed by atoms with Gasteiger partial charge in [-0.1, -0.05) is 6.07 Å². The maximum atomic E-state index is 14.2. The Balaban J connectivity index is 0.00000561. The molecule has 1 fully saturated rings. The van der Waals surface area contributed by atoms with E-state index in [2.05, 4.69) is 16.5 Å². The average molecular weight is 763 g/mol. The van der Waals surface area contributed by atoms with E-state index < -0.39 is 33.5 Å². The van der Waals surface area contributed by atoms with Crippen molar-refractivity contribution in [1.82, 2.24) is 30.4 Å². The number of benzene rings is 3. The summed E-state index contributed by atoms with van der Waals surface area (Å²) in [5.41, 5.74) is 3.19. The van der Waals surface area contributed by atoms with Gasteiger partial charge in [0, 0.05) is 6.04 Å². The molecule has 2 aromatic heterocycles. The molecule has 0 unspecified atom stereocenters. The lowest BCUT2D eigenvalue weighted by atomic mass is 9.81. The Morgan fingerprint density at radius 2 is 1.63 bits per heavy atom. The summed E-state index contributed by atoms with van der Waals surface area (Å²) in [5.74, 6) is 0.210. The summed E-state index contributed by atoms with van der Waals surface area (Å²) in [7, 11) is -3.90. The molecule has 6 N–H and O–H groups in total. The predicted molar refractivity (Wildman–Crippen MR) is 197 cm³/mol. The van der Waals surface area contributed by atoms with E-state index in [9.17, 15) is 36.4 Å². The minimum Gasteiger partial charge on any atom is -0.344 e. The summed E-state index contributed by atoms with van der Waals surface area (Å²) in [6.45, 7) is 7.14.